The molecule has 1 aliphatic heterocycles. The second kappa shape index (κ2) is 18.5. The number of rotatable bonds is 13. The fourth-order valence-electron chi connectivity index (χ4n) is 6.72. The monoisotopic (exact) mass is 775 g/mol. The number of ether oxygens (including phenoxy) is 1. The Morgan fingerprint density at radius 2 is 1.17 bits per heavy atom. The second-order valence-electron chi connectivity index (χ2n) is 13.2. The average Bonchev–Trinajstić information content (AvgIpc) is 3.18. The van der Waals surface area contributed by atoms with Gasteiger partial charge in [-0.15, -0.1) is 0 Å². The number of likely N-dealkylation sites (tertiary alicyclic amines) is 1. The van der Waals surface area contributed by atoms with E-state index in [0.29, 0.717) is 38.0 Å². The van der Waals surface area contributed by atoms with Gasteiger partial charge in [0.1, 0.15) is 6.61 Å². The van der Waals surface area contributed by atoms with Crippen molar-refractivity contribution in [2.45, 2.75) is 55.5 Å². The largest absolute Gasteiger partial charge is 0.448 e. The van der Waals surface area contributed by atoms with Crippen LogP contribution in [-0.2, 0) is 40.4 Å². The molecule has 1 amide bonds. The molecule has 0 bridgehead atoms. The van der Waals surface area contributed by atoms with Crippen LogP contribution in [0.15, 0.2) is 150 Å². The number of hydrogen-bond acceptors (Lipinski definition) is 5. The van der Waals surface area contributed by atoms with Crippen LogP contribution in [0.25, 0.3) is 0 Å². The Kier molecular flexibility index (Phi) is 13.8. The Balaban J connectivity index is 0.00000561. The lowest BCUT2D eigenvalue weighted by molar-refractivity contribution is -0.137. The van der Waals surface area contributed by atoms with Crippen molar-refractivity contribution in [1.82, 2.24) is 9.80 Å². The molecular formula is C42H44F3N3O4S2. The Hall–Kier alpha value is -4.78. The van der Waals surface area contributed by atoms with E-state index in [1.165, 1.54) is 4.31 Å². The zero-order valence-corrected chi connectivity index (χ0v) is 31.5. The SMILES string of the molecule is O=C(OC[C@H](Cc1ccccc1)N(Cc1ccccc1)Cc1ccccc1)N1CCC(N(c2ccccc2)S(=O)(=O)c2ccc(C(F)(F)F)cc2)CC1.S. The molecule has 1 heterocycles. The van der Waals surface area contributed by atoms with Crippen molar-refractivity contribution in [1.29, 1.82) is 0 Å². The van der Waals surface area contributed by atoms with E-state index in [-0.39, 0.29) is 44.1 Å². The molecule has 12 heteroatoms. The molecule has 5 aromatic carbocycles. The lowest BCUT2D eigenvalue weighted by Gasteiger charge is -2.39. The lowest BCUT2D eigenvalue weighted by atomic mass is 10.0. The van der Waals surface area contributed by atoms with E-state index >= 15 is 0 Å². The van der Waals surface area contributed by atoms with Crippen LogP contribution in [0.2, 0.25) is 0 Å². The van der Waals surface area contributed by atoms with Crippen LogP contribution in [0.4, 0.5) is 23.7 Å². The van der Waals surface area contributed by atoms with Gasteiger partial charge in [-0.3, -0.25) is 9.21 Å². The van der Waals surface area contributed by atoms with Crippen LogP contribution in [0.5, 0.6) is 0 Å². The van der Waals surface area contributed by atoms with E-state index in [1.54, 1.807) is 35.2 Å². The number of alkyl halides is 3. The first-order valence-electron chi connectivity index (χ1n) is 17.6. The number of nitrogens with zero attached hydrogens (tertiary/aromatic N) is 3. The van der Waals surface area contributed by atoms with Gasteiger partial charge in [0, 0.05) is 38.3 Å². The summed E-state index contributed by atoms with van der Waals surface area (Å²) in [5.41, 5.74) is 2.88. The first-order valence-corrected chi connectivity index (χ1v) is 19.1. The minimum Gasteiger partial charge on any atom is -0.448 e. The third-order valence-corrected chi connectivity index (χ3v) is 11.4. The summed E-state index contributed by atoms with van der Waals surface area (Å²) < 4.78 is 75.0. The van der Waals surface area contributed by atoms with E-state index in [1.807, 2.05) is 54.6 Å². The van der Waals surface area contributed by atoms with Crippen molar-refractivity contribution >= 4 is 35.3 Å². The summed E-state index contributed by atoms with van der Waals surface area (Å²) in [5, 5.41) is 0. The number of benzene rings is 5. The summed E-state index contributed by atoms with van der Waals surface area (Å²) in [5.74, 6) is 0. The van der Waals surface area contributed by atoms with Gasteiger partial charge >= 0.3 is 12.3 Å². The molecule has 0 unspecified atom stereocenters. The summed E-state index contributed by atoms with van der Waals surface area (Å²) in [6, 6.07) is 41.8. The fraction of sp³-hybridized carbons (Fsp3) is 0.262. The number of amides is 1. The first kappa shape index (κ1) is 40.4. The van der Waals surface area contributed by atoms with Crippen molar-refractivity contribution in [3.63, 3.8) is 0 Å². The Labute approximate surface area is 322 Å². The number of halogens is 3. The molecule has 54 heavy (non-hydrogen) atoms. The normalized spacial score (nSPS) is 14.3. The van der Waals surface area contributed by atoms with Crippen LogP contribution < -0.4 is 4.31 Å². The number of para-hydroxylation sites is 1. The molecule has 1 atom stereocenters. The van der Waals surface area contributed by atoms with Gasteiger partial charge in [-0.05, 0) is 72.4 Å². The minimum atomic E-state index is -4.59. The van der Waals surface area contributed by atoms with Crippen molar-refractivity contribution in [2.75, 3.05) is 24.0 Å². The van der Waals surface area contributed by atoms with E-state index < -0.39 is 33.9 Å². The zero-order valence-electron chi connectivity index (χ0n) is 29.7. The Morgan fingerprint density at radius 3 is 1.65 bits per heavy atom. The highest BCUT2D eigenvalue weighted by Gasteiger charge is 2.37. The molecule has 7 nitrogen and oxygen atoms in total. The second-order valence-corrected chi connectivity index (χ2v) is 15.0. The molecule has 0 saturated carbocycles. The highest BCUT2D eigenvalue weighted by atomic mass is 32.2. The molecule has 1 saturated heterocycles. The zero-order chi connectivity index (χ0) is 37.3. The number of carbonyl (C=O) groups is 1. The van der Waals surface area contributed by atoms with Crippen LogP contribution in [0.1, 0.15) is 35.1 Å². The van der Waals surface area contributed by atoms with Crippen LogP contribution in [0, 0.1) is 0 Å². The predicted molar refractivity (Wildman–Crippen MR) is 210 cm³/mol. The smallest absolute Gasteiger partial charge is 0.416 e. The first-order chi connectivity index (χ1) is 25.6. The molecule has 1 fully saturated rings. The van der Waals surface area contributed by atoms with Crippen LogP contribution in [0.3, 0.4) is 0 Å². The van der Waals surface area contributed by atoms with Crippen molar-refractivity contribution in [3.05, 3.63) is 168 Å². The van der Waals surface area contributed by atoms with Gasteiger partial charge in [-0.1, -0.05) is 109 Å². The molecule has 0 spiro atoms. The third kappa shape index (κ3) is 10.5. The van der Waals surface area contributed by atoms with Gasteiger partial charge < -0.3 is 9.64 Å². The number of piperidine rings is 1. The van der Waals surface area contributed by atoms with Gasteiger partial charge in [-0.25, -0.2) is 13.2 Å². The van der Waals surface area contributed by atoms with Crippen molar-refractivity contribution in [2.24, 2.45) is 0 Å². The summed E-state index contributed by atoms with van der Waals surface area (Å²) in [4.78, 5) is 17.3. The summed E-state index contributed by atoms with van der Waals surface area (Å²) in [6.45, 7) is 1.94. The number of anilines is 1. The molecular weight excluding hydrogens is 732 g/mol. The van der Waals surface area contributed by atoms with E-state index in [4.69, 9.17) is 4.74 Å². The maximum Gasteiger partial charge on any atom is 0.416 e. The molecule has 0 aromatic heterocycles. The summed E-state index contributed by atoms with van der Waals surface area (Å²) >= 11 is 0. The third-order valence-electron chi connectivity index (χ3n) is 9.49. The standard InChI is InChI=1S/C42H42F3N3O4S.H2S/c43-42(44,45)36-21-23-40(24-22-36)53(50,51)48(37-19-11-4-12-20-37)38-25-27-46(28-26-38)41(49)52-32-39(29-33-13-5-1-6-14-33)47(30-34-15-7-2-8-16-34)31-35-17-9-3-10-18-35;/h1-24,38-39H,25-32H2;1H2/t39-;/m0./s1. The molecule has 6 rings (SSSR count). The van der Waals surface area contributed by atoms with Crippen molar-refractivity contribution < 1.29 is 31.1 Å². The lowest BCUT2D eigenvalue weighted by Crippen LogP contribution is -2.49. The quantitative estimate of drug-likeness (QED) is 0.120. The summed E-state index contributed by atoms with van der Waals surface area (Å²) in [6.07, 6.45) is -3.79. The Bertz CT molecular complexity index is 1960. The Morgan fingerprint density at radius 1 is 0.704 bits per heavy atom. The number of sulfonamides is 1. The van der Waals surface area contributed by atoms with Gasteiger partial charge in [0.25, 0.3) is 10.0 Å². The van der Waals surface area contributed by atoms with Gasteiger partial charge in [0.05, 0.1) is 16.1 Å². The number of carbonyl (C=O) groups excluding carboxylic acids is 1. The topological polar surface area (TPSA) is 70.2 Å². The highest BCUT2D eigenvalue weighted by molar-refractivity contribution is 7.92. The summed E-state index contributed by atoms with van der Waals surface area (Å²) in [7, 11) is -4.24. The molecule has 5 aromatic rings. The van der Waals surface area contributed by atoms with Crippen molar-refractivity contribution in [3.8, 4) is 0 Å². The maximum atomic E-state index is 14.0. The fourth-order valence-corrected chi connectivity index (χ4v) is 8.43. The van der Waals surface area contributed by atoms with E-state index in [9.17, 15) is 26.4 Å². The van der Waals surface area contributed by atoms with Gasteiger partial charge in [-0.2, -0.15) is 26.7 Å². The average molecular weight is 776 g/mol. The molecule has 0 N–H and O–H groups in total. The van der Waals surface area contributed by atoms with Crippen LogP contribution in [-0.4, -0.2) is 56.1 Å². The van der Waals surface area contributed by atoms with Gasteiger partial charge in [0.2, 0.25) is 0 Å². The predicted octanol–water partition coefficient (Wildman–Crippen LogP) is 8.93. The number of hydrogen-bond donors (Lipinski definition) is 0. The molecule has 0 aliphatic carbocycles. The molecule has 1 aliphatic rings. The van der Waals surface area contributed by atoms with Crippen LogP contribution >= 0.6 is 13.5 Å². The van der Waals surface area contributed by atoms with E-state index in [2.05, 4.69) is 41.3 Å². The molecule has 0 radical (unpaired) electrons. The maximum absolute atomic E-state index is 14.0. The molecule has 284 valence electrons. The van der Waals surface area contributed by atoms with E-state index in [0.717, 1.165) is 41.0 Å². The highest BCUT2D eigenvalue weighted by Crippen LogP contribution is 2.33. The van der Waals surface area contributed by atoms with Gasteiger partial charge in [0.15, 0.2) is 0 Å². The minimum absolute atomic E-state index is 0.